The third kappa shape index (κ3) is 4.15. The molecule has 128 valence electrons. The van der Waals surface area contributed by atoms with Gasteiger partial charge in [-0.1, -0.05) is 6.92 Å². The van der Waals surface area contributed by atoms with Crippen LogP contribution in [0.4, 0.5) is 0 Å². The molecular weight excluding hydrogens is 298 g/mol. The van der Waals surface area contributed by atoms with Gasteiger partial charge in [-0.25, -0.2) is 0 Å². The van der Waals surface area contributed by atoms with Gasteiger partial charge in [0.1, 0.15) is 0 Å². The van der Waals surface area contributed by atoms with Crippen molar-refractivity contribution in [2.24, 2.45) is 17.8 Å². The van der Waals surface area contributed by atoms with Gasteiger partial charge >= 0.3 is 0 Å². The number of likely N-dealkylation sites (N-methyl/N-ethyl adjacent to an activating group) is 1. The van der Waals surface area contributed by atoms with Crippen LogP contribution >= 0.6 is 12.4 Å². The monoisotopic (exact) mass is 329 g/mol. The van der Waals surface area contributed by atoms with E-state index in [9.17, 15) is 4.79 Å². The van der Waals surface area contributed by atoms with Crippen molar-refractivity contribution in [1.29, 1.82) is 0 Å². The molecule has 22 heavy (non-hydrogen) atoms. The number of carbonyl (C=O) groups is 1. The molecule has 3 rings (SSSR count). The fourth-order valence-electron chi connectivity index (χ4n) is 4.39. The molecule has 1 N–H and O–H groups in total. The zero-order valence-electron chi connectivity index (χ0n) is 14.1. The summed E-state index contributed by atoms with van der Waals surface area (Å²) < 4.78 is 0. The van der Waals surface area contributed by atoms with E-state index in [4.69, 9.17) is 0 Å². The van der Waals surface area contributed by atoms with Crippen LogP contribution in [0.3, 0.4) is 0 Å². The Morgan fingerprint density at radius 2 is 1.82 bits per heavy atom. The number of amides is 1. The van der Waals surface area contributed by atoms with Crippen LogP contribution in [0.25, 0.3) is 0 Å². The van der Waals surface area contributed by atoms with Crippen LogP contribution < -0.4 is 5.32 Å². The number of halogens is 1. The minimum absolute atomic E-state index is 0. The summed E-state index contributed by atoms with van der Waals surface area (Å²) in [6, 6.07) is 0.486. The molecule has 0 aromatic carbocycles. The van der Waals surface area contributed by atoms with Crippen LogP contribution in [-0.2, 0) is 4.79 Å². The quantitative estimate of drug-likeness (QED) is 0.860. The summed E-state index contributed by atoms with van der Waals surface area (Å²) in [5.74, 6) is 2.80. The lowest BCUT2D eigenvalue weighted by molar-refractivity contribution is -0.134. The first-order chi connectivity index (χ1) is 10.1. The van der Waals surface area contributed by atoms with Gasteiger partial charge in [0.05, 0.1) is 6.54 Å². The summed E-state index contributed by atoms with van der Waals surface area (Å²) in [6.07, 6.45) is 6.20. The molecule has 0 bridgehead atoms. The van der Waals surface area contributed by atoms with Crippen LogP contribution in [0.1, 0.15) is 39.0 Å². The van der Waals surface area contributed by atoms with Crippen molar-refractivity contribution in [3.05, 3.63) is 0 Å². The Balaban J connectivity index is 0.00000176. The third-order valence-corrected chi connectivity index (χ3v) is 6.07. The Bertz CT molecular complexity index is 371. The van der Waals surface area contributed by atoms with Crippen molar-refractivity contribution < 1.29 is 4.79 Å². The molecule has 2 unspecified atom stereocenters. The molecule has 2 heterocycles. The van der Waals surface area contributed by atoms with Gasteiger partial charge in [0.25, 0.3) is 0 Å². The molecule has 0 aromatic rings. The van der Waals surface area contributed by atoms with Crippen LogP contribution in [0.2, 0.25) is 0 Å². The second-order valence-corrected chi connectivity index (χ2v) is 7.62. The zero-order valence-corrected chi connectivity index (χ0v) is 14.9. The van der Waals surface area contributed by atoms with Crippen molar-refractivity contribution >= 4 is 18.3 Å². The molecule has 0 radical (unpaired) electrons. The SMILES string of the molecule is CC1CCC(N(C)C(=O)CN2CCC3CNCC3C2)CC1.Cl. The Hall–Kier alpha value is -0.320. The van der Waals surface area contributed by atoms with Gasteiger partial charge in [0, 0.05) is 19.6 Å². The van der Waals surface area contributed by atoms with Crippen molar-refractivity contribution in [3.8, 4) is 0 Å². The van der Waals surface area contributed by atoms with Crippen LogP contribution in [0.15, 0.2) is 0 Å². The first-order valence-corrected chi connectivity index (χ1v) is 8.82. The van der Waals surface area contributed by atoms with E-state index in [0.717, 1.165) is 37.4 Å². The molecule has 2 saturated heterocycles. The number of nitrogens with one attached hydrogen (secondary N) is 1. The lowest BCUT2D eigenvalue weighted by Gasteiger charge is -2.37. The maximum absolute atomic E-state index is 12.6. The van der Waals surface area contributed by atoms with Gasteiger partial charge in [-0.05, 0) is 69.5 Å². The molecule has 1 saturated carbocycles. The van der Waals surface area contributed by atoms with E-state index in [0.29, 0.717) is 18.5 Å². The number of carbonyl (C=O) groups excluding carboxylic acids is 1. The van der Waals surface area contributed by atoms with Gasteiger partial charge in [-0.15, -0.1) is 12.4 Å². The molecule has 2 aliphatic heterocycles. The summed E-state index contributed by atoms with van der Waals surface area (Å²) in [5, 5.41) is 3.49. The number of hydrogen-bond donors (Lipinski definition) is 1. The molecule has 5 heteroatoms. The van der Waals surface area contributed by atoms with Gasteiger partial charge in [-0.3, -0.25) is 9.69 Å². The molecule has 1 amide bonds. The molecule has 0 spiro atoms. The average molecular weight is 330 g/mol. The Kier molecular flexibility index (Phi) is 6.54. The Labute approximate surface area is 141 Å². The van der Waals surface area contributed by atoms with E-state index >= 15 is 0 Å². The maximum Gasteiger partial charge on any atom is 0.236 e. The number of rotatable bonds is 3. The minimum atomic E-state index is 0. The van der Waals surface area contributed by atoms with Gasteiger partial charge < -0.3 is 10.2 Å². The first kappa shape index (κ1) is 18.0. The average Bonchev–Trinajstić information content (AvgIpc) is 2.95. The van der Waals surface area contributed by atoms with Crippen molar-refractivity contribution in [2.45, 2.75) is 45.1 Å². The molecule has 2 atom stereocenters. The first-order valence-electron chi connectivity index (χ1n) is 8.82. The lowest BCUT2D eigenvalue weighted by Crippen LogP contribution is -2.48. The number of piperidine rings is 1. The minimum Gasteiger partial charge on any atom is -0.342 e. The van der Waals surface area contributed by atoms with Crippen molar-refractivity contribution in [1.82, 2.24) is 15.1 Å². The molecule has 3 fully saturated rings. The summed E-state index contributed by atoms with van der Waals surface area (Å²) in [7, 11) is 2.02. The molecule has 3 aliphatic rings. The fraction of sp³-hybridized carbons (Fsp3) is 0.941. The number of hydrogen-bond acceptors (Lipinski definition) is 3. The van der Waals surface area contributed by atoms with E-state index in [2.05, 4.69) is 17.1 Å². The summed E-state index contributed by atoms with van der Waals surface area (Å²) in [6.45, 7) is 7.50. The predicted octanol–water partition coefficient (Wildman–Crippen LogP) is 1.99. The lowest BCUT2D eigenvalue weighted by atomic mass is 9.86. The molecule has 1 aliphatic carbocycles. The molecule has 4 nitrogen and oxygen atoms in total. The van der Waals surface area contributed by atoms with E-state index in [-0.39, 0.29) is 12.4 Å². The van der Waals surface area contributed by atoms with E-state index in [1.165, 1.54) is 38.6 Å². The Morgan fingerprint density at radius 1 is 1.14 bits per heavy atom. The topological polar surface area (TPSA) is 35.6 Å². The highest BCUT2D eigenvalue weighted by atomic mass is 35.5. The van der Waals surface area contributed by atoms with E-state index in [1.807, 2.05) is 11.9 Å². The normalized spacial score (nSPS) is 35.5. The number of fused-ring (bicyclic) bond motifs is 1. The Morgan fingerprint density at radius 3 is 2.55 bits per heavy atom. The summed E-state index contributed by atoms with van der Waals surface area (Å²) in [4.78, 5) is 17.0. The number of nitrogens with zero attached hydrogens (tertiary/aromatic N) is 2. The van der Waals surface area contributed by atoms with Crippen LogP contribution in [-0.4, -0.2) is 61.5 Å². The van der Waals surface area contributed by atoms with Crippen molar-refractivity contribution in [2.75, 3.05) is 39.8 Å². The largest absolute Gasteiger partial charge is 0.342 e. The fourth-order valence-corrected chi connectivity index (χ4v) is 4.39. The maximum atomic E-state index is 12.6. The highest BCUT2D eigenvalue weighted by Gasteiger charge is 2.34. The smallest absolute Gasteiger partial charge is 0.236 e. The summed E-state index contributed by atoms with van der Waals surface area (Å²) in [5.41, 5.74) is 0. The van der Waals surface area contributed by atoms with Crippen LogP contribution in [0.5, 0.6) is 0 Å². The third-order valence-electron chi connectivity index (χ3n) is 6.07. The number of likely N-dealkylation sites (tertiary alicyclic amines) is 1. The highest BCUT2D eigenvalue weighted by Crippen LogP contribution is 2.28. The second-order valence-electron chi connectivity index (χ2n) is 7.62. The highest BCUT2D eigenvalue weighted by molar-refractivity contribution is 5.85. The second kappa shape index (κ2) is 7.98. The molecule has 0 aromatic heterocycles. The van der Waals surface area contributed by atoms with Gasteiger partial charge in [0.2, 0.25) is 5.91 Å². The summed E-state index contributed by atoms with van der Waals surface area (Å²) >= 11 is 0. The van der Waals surface area contributed by atoms with E-state index < -0.39 is 0 Å². The van der Waals surface area contributed by atoms with E-state index in [1.54, 1.807) is 0 Å². The zero-order chi connectivity index (χ0) is 14.8. The standard InChI is InChI=1S/C17H31N3O.ClH/c1-13-3-5-16(6-4-13)19(2)17(21)12-20-8-7-14-9-18-10-15(14)11-20;/h13-16,18H,3-12H2,1-2H3;1H. The van der Waals surface area contributed by atoms with Crippen LogP contribution in [0, 0.1) is 17.8 Å². The molecular formula is C17H32ClN3O. The van der Waals surface area contributed by atoms with Crippen molar-refractivity contribution in [3.63, 3.8) is 0 Å². The van der Waals surface area contributed by atoms with Gasteiger partial charge in [0.15, 0.2) is 0 Å². The predicted molar refractivity (Wildman–Crippen MR) is 92.3 cm³/mol. The van der Waals surface area contributed by atoms with Gasteiger partial charge in [-0.2, -0.15) is 0 Å².